The Morgan fingerprint density at radius 1 is 0.732 bits per heavy atom. The summed E-state index contributed by atoms with van der Waals surface area (Å²) in [6.07, 6.45) is 2.84. The van der Waals surface area contributed by atoms with Gasteiger partial charge in [-0.15, -0.1) is 0 Å². The van der Waals surface area contributed by atoms with Gasteiger partial charge in [0.25, 0.3) is 0 Å². The second-order valence-electron chi connectivity index (χ2n) is 15.4. The number of fused-ring (bicyclic) bond motifs is 1. The van der Waals surface area contributed by atoms with E-state index in [9.17, 15) is 19.2 Å². The molecule has 9 heteroatoms. The third-order valence-electron chi connectivity index (χ3n) is 7.09. The van der Waals surface area contributed by atoms with E-state index < -0.39 is 81.2 Å². The zero-order valence-electron chi connectivity index (χ0n) is 27.6. The van der Waals surface area contributed by atoms with Crippen molar-refractivity contribution >= 4 is 23.9 Å². The van der Waals surface area contributed by atoms with Gasteiger partial charge in [0.1, 0.15) is 22.4 Å². The standard InChI is InChI=1S/C32H52O9/c1-15-16-31-18-32(25(35)40-29(9,10)11,26(36)41-30(12,13)14)19(2)20(31)17-21(37-31)22(23(33)38-27(3,4)5)24(34)39-28(6,7)8/h15-16,19-22H,17-18H2,1-14H3/b16-15+/t19-,20-,21-,31+/m1/s1. The predicted octanol–water partition coefficient (Wildman–Crippen LogP) is 5.72. The lowest BCUT2D eigenvalue weighted by Crippen LogP contribution is -2.50. The number of ether oxygens (including phenoxy) is 5. The van der Waals surface area contributed by atoms with Crippen LogP contribution in [0.5, 0.6) is 0 Å². The van der Waals surface area contributed by atoms with Gasteiger partial charge in [-0.25, -0.2) is 0 Å². The molecule has 1 aliphatic heterocycles. The third kappa shape index (κ3) is 8.11. The molecule has 0 amide bonds. The molecule has 1 saturated carbocycles. The summed E-state index contributed by atoms with van der Waals surface area (Å²) in [5.41, 5.74) is -6.19. The zero-order chi connectivity index (χ0) is 32.0. The number of hydrogen-bond donors (Lipinski definition) is 0. The van der Waals surface area contributed by atoms with Gasteiger partial charge in [-0.2, -0.15) is 0 Å². The van der Waals surface area contributed by atoms with Gasteiger partial charge in [0.2, 0.25) is 0 Å². The van der Waals surface area contributed by atoms with E-state index >= 15 is 0 Å². The monoisotopic (exact) mass is 580 g/mol. The van der Waals surface area contributed by atoms with Crippen molar-refractivity contribution in [1.82, 2.24) is 0 Å². The third-order valence-corrected chi connectivity index (χ3v) is 7.09. The average molecular weight is 581 g/mol. The fraction of sp³-hybridized carbons (Fsp3) is 0.812. The second-order valence-corrected chi connectivity index (χ2v) is 15.4. The lowest BCUT2D eigenvalue weighted by atomic mass is 9.74. The zero-order valence-corrected chi connectivity index (χ0v) is 27.6. The van der Waals surface area contributed by atoms with Crippen molar-refractivity contribution in [2.75, 3.05) is 0 Å². The van der Waals surface area contributed by atoms with Crippen LogP contribution in [0.1, 0.15) is 110 Å². The highest BCUT2D eigenvalue weighted by Crippen LogP contribution is 2.62. The molecule has 41 heavy (non-hydrogen) atoms. The topological polar surface area (TPSA) is 114 Å². The Kier molecular flexibility index (Phi) is 9.62. The second kappa shape index (κ2) is 11.3. The summed E-state index contributed by atoms with van der Waals surface area (Å²) in [5.74, 6) is -5.23. The molecule has 2 rings (SSSR count). The van der Waals surface area contributed by atoms with Crippen molar-refractivity contribution < 1.29 is 42.9 Å². The highest BCUT2D eigenvalue weighted by molar-refractivity contribution is 6.02. The number of esters is 4. The van der Waals surface area contributed by atoms with Gasteiger partial charge in [-0.1, -0.05) is 19.1 Å². The molecular formula is C32H52O9. The van der Waals surface area contributed by atoms with Crippen molar-refractivity contribution in [3.63, 3.8) is 0 Å². The van der Waals surface area contributed by atoms with Crippen molar-refractivity contribution in [3.05, 3.63) is 12.2 Å². The molecule has 1 saturated heterocycles. The van der Waals surface area contributed by atoms with E-state index in [2.05, 4.69) is 0 Å². The Hall–Kier alpha value is -2.42. The summed E-state index contributed by atoms with van der Waals surface area (Å²) in [7, 11) is 0. The van der Waals surface area contributed by atoms with E-state index in [1.807, 2.05) is 19.9 Å². The maximum absolute atomic E-state index is 13.9. The molecule has 0 aromatic carbocycles. The number of carbonyl (C=O) groups is 4. The summed E-state index contributed by atoms with van der Waals surface area (Å²) in [6.45, 7) is 24.4. The van der Waals surface area contributed by atoms with Crippen LogP contribution in [0, 0.1) is 23.2 Å². The molecule has 1 heterocycles. The van der Waals surface area contributed by atoms with Crippen molar-refractivity contribution in [2.45, 2.75) is 144 Å². The molecule has 0 unspecified atom stereocenters. The molecule has 9 nitrogen and oxygen atoms in total. The molecule has 4 atom stereocenters. The van der Waals surface area contributed by atoms with Gasteiger partial charge >= 0.3 is 23.9 Å². The highest BCUT2D eigenvalue weighted by atomic mass is 16.6. The molecule has 2 fully saturated rings. The summed E-state index contributed by atoms with van der Waals surface area (Å²) in [6, 6.07) is 0. The van der Waals surface area contributed by atoms with E-state index in [0.29, 0.717) is 0 Å². The van der Waals surface area contributed by atoms with Crippen LogP contribution in [-0.2, 0) is 42.9 Å². The molecule has 0 radical (unpaired) electrons. The van der Waals surface area contributed by atoms with E-state index in [-0.39, 0.29) is 12.8 Å². The molecular weight excluding hydrogens is 528 g/mol. The normalized spacial score (nSPS) is 26.6. The predicted molar refractivity (Wildman–Crippen MR) is 154 cm³/mol. The maximum atomic E-state index is 13.9. The SMILES string of the molecule is C/C=C/[C@]12CC(C(=O)OC(C)(C)C)(C(=O)OC(C)(C)C)[C@H](C)[C@H]1C[C@H](C(C(=O)OC(C)(C)C)C(=O)OC(C)(C)C)O2. The van der Waals surface area contributed by atoms with Crippen LogP contribution in [0.4, 0.5) is 0 Å². The van der Waals surface area contributed by atoms with E-state index in [0.717, 1.165) is 0 Å². The van der Waals surface area contributed by atoms with Gasteiger partial charge in [0.05, 0.1) is 11.7 Å². The van der Waals surface area contributed by atoms with Crippen molar-refractivity contribution in [3.8, 4) is 0 Å². The molecule has 0 aromatic rings. The Morgan fingerprint density at radius 3 is 1.46 bits per heavy atom. The van der Waals surface area contributed by atoms with Crippen molar-refractivity contribution in [1.29, 1.82) is 0 Å². The number of rotatable bonds is 6. The lowest BCUT2D eigenvalue weighted by molar-refractivity contribution is -0.193. The summed E-state index contributed by atoms with van der Waals surface area (Å²) in [5, 5.41) is 0. The van der Waals surface area contributed by atoms with E-state index in [1.54, 1.807) is 89.2 Å². The first kappa shape index (κ1) is 34.8. The minimum Gasteiger partial charge on any atom is -0.459 e. The molecule has 0 bridgehead atoms. The molecule has 234 valence electrons. The van der Waals surface area contributed by atoms with Crippen LogP contribution in [0.25, 0.3) is 0 Å². The quantitative estimate of drug-likeness (QED) is 0.168. The maximum Gasteiger partial charge on any atom is 0.324 e. The number of allylic oxidation sites excluding steroid dienone is 1. The first-order chi connectivity index (χ1) is 18.3. The average Bonchev–Trinajstić information content (AvgIpc) is 3.15. The van der Waals surface area contributed by atoms with Gasteiger partial charge in [0, 0.05) is 6.42 Å². The summed E-state index contributed by atoms with van der Waals surface area (Å²) >= 11 is 0. The van der Waals surface area contributed by atoms with Crippen LogP contribution in [0.15, 0.2) is 12.2 Å². The Bertz CT molecular complexity index is 989. The first-order valence-electron chi connectivity index (χ1n) is 14.5. The van der Waals surface area contributed by atoms with Gasteiger partial charge in [0.15, 0.2) is 11.3 Å². The summed E-state index contributed by atoms with van der Waals surface area (Å²) in [4.78, 5) is 54.6. The molecule has 0 spiro atoms. The van der Waals surface area contributed by atoms with Crippen molar-refractivity contribution in [2.24, 2.45) is 23.2 Å². The smallest absolute Gasteiger partial charge is 0.324 e. The molecule has 2 aliphatic rings. The number of carbonyl (C=O) groups excluding carboxylic acids is 4. The van der Waals surface area contributed by atoms with E-state index in [1.165, 1.54) is 0 Å². The Labute approximate surface area is 246 Å². The lowest BCUT2D eigenvalue weighted by Gasteiger charge is -2.36. The minimum absolute atomic E-state index is 0.0636. The van der Waals surface area contributed by atoms with Crippen LogP contribution in [0.2, 0.25) is 0 Å². The Balaban J connectivity index is 2.62. The minimum atomic E-state index is -1.66. The fourth-order valence-electron chi connectivity index (χ4n) is 5.78. The molecule has 0 aromatic heterocycles. The number of hydrogen-bond acceptors (Lipinski definition) is 9. The molecule has 0 N–H and O–H groups in total. The Morgan fingerprint density at radius 2 is 1.12 bits per heavy atom. The van der Waals surface area contributed by atoms with Crippen LogP contribution in [-0.4, -0.2) is 58.0 Å². The van der Waals surface area contributed by atoms with Crippen LogP contribution < -0.4 is 0 Å². The van der Waals surface area contributed by atoms with Gasteiger partial charge in [-0.05, 0) is 108 Å². The molecule has 1 aliphatic carbocycles. The largest absolute Gasteiger partial charge is 0.459 e. The summed E-state index contributed by atoms with van der Waals surface area (Å²) < 4.78 is 29.5. The van der Waals surface area contributed by atoms with Gasteiger partial charge < -0.3 is 23.7 Å². The van der Waals surface area contributed by atoms with Crippen LogP contribution >= 0.6 is 0 Å². The van der Waals surface area contributed by atoms with E-state index in [4.69, 9.17) is 23.7 Å². The fourth-order valence-corrected chi connectivity index (χ4v) is 5.78. The first-order valence-corrected chi connectivity index (χ1v) is 14.5. The van der Waals surface area contributed by atoms with Crippen LogP contribution in [0.3, 0.4) is 0 Å². The highest BCUT2D eigenvalue weighted by Gasteiger charge is 2.72. The van der Waals surface area contributed by atoms with Gasteiger partial charge in [-0.3, -0.25) is 19.2 Å².